The fourth-order valence-corrected chi connectivity index (χ4v) is 3.29. The van der Waals surface area contributed by atoms with Crippen LogP contribution in [0.1, 0.15) is 23.5 Å². The highest BCUT2D eigenvalue weighted by Crippen LogP contribution is 2.32. The highest BCUT2D eigenvalue weighted by atomic mass is 32.1. The van der Waals surface area contributed by atoms with Crippen LogP contribution in [0, 0.1) is 5.92 Å². The van der Waals surface area contributed by atoms with Gasteiger partial charge in [0.2, 0.25) is 0 Å². The Morgan fingerprint density at radius 1 is 1.35 bits per heavy atom. The molecule has 3 rings (SSSR count). The molecule has 106 valence electrons. The van der Waals surface area contributed by atoms with Gasteiger partial charge in [-0.3, -0.25) is 4.79 Å². The van der Waals surface area contributed by atoms with Crippen molar-refractivity contribution in [1.29, 1.82) is 0 Å². The van der Waals surface area contributed by atoms with Crippen molar-refractivity contribution in [3.8, 4) is 5.69 Å². The molecule has 4 nitrogen and oxygen atoms in total. The largest absolute Gasteiger partial charge is 0.386 e. The van der Waals surface area contributed by atoms with Crippen LogP contribution in [0.4, 0.5) is 0 Å². The van der Waals surface area contributed by atoms with Crippen LogP contribution in [-0.4, -0.2) is 39.2 Å². The molecule has 1 fully saturated rings. The second kappa shape index (κ2) is 4.75. The van der Waals surface area contributed by atoms with E-state index in [0.717, 1.165) is 10.6 Å². The van der Waals surface area contributed by atoms with Crippen LogP contribution in [0.3, 0.4) is 0 Å². The third kappa shape index (κ3) is 2.07. The SMILES string of the molecule is CC(C)C1(O)CN(C(=O)c2sccc2-n2cccc2)C1. The van der Waals surface area contributed by atoms with Gasteiger partial charge in [0.1, 0.15) is 10.5 Å². The van der Waals surface area contributed by atoms with Gasteiger partial charge in [0, 0.05) is 12.4 Å². The van der Waals surface area contributed by atoms with E-state index in [0.29, 0.717) is 13.1 Å². The van der Waals surface area contributed by atoms with Crippen LogP contribution in [0.5, 0.6) is 0 Å². The third-order valence-electron chi connectivity index (χ3n) is 4.01. The number of aliphatic hydroxyl groups is 1. The van der Waals surface area contributed by atoms with Gasteiger partial charge < -0.3 is 14.6 Å². The summed E-state index contributed by atoms with van der Waals surface area (Å²) < 4.78 is 1.94. The van der Waals surface area contributed by atoms with Crippen LogP contribution in [0.25, 0.3) is 5.69 Å². The molecule has 0 aliphatic carbocycles. The van der Waals surface area contributed by atoms with E-state index in [1.165, 1.54) is 11.3 Å². The molecule has 0 atom stereocenters. The number of carbonyl (C=O) groups excluding carboxylic acids is 1. The number of hydrogen-bond acceptors (Lipinski definition) is 3. The summed E-state index contributed by atoms with van der Waals surface area (Å²) in [6, 6.07) is 5.83. The summed E-state index contributed by atoms with van der Waals surface area (Å²) >= 11 is 1.45. The molecule has 5 heteroatoms. The van der Waals surface area contributed by atoms with Crippen molar-refractivity contribution >= 4 is 17.2 Å². The number of likely N-dealkylation sites (tertiary alicyclic amines) is 1. The van der Waals surface area contributed by atoms with E-state index in [4.69, 9.17) is 0 Å². The highest BCUT2D eigenvalue weighted by Gasteiger charge is 2.46. The standard InChI is InChI=1S/C15H18N2O2S/c1-11(2)15(19)9-17(10-15)14(18)13-12(5-8-20-13)16-6-3-4-7-16/h3-8,11,19H,9-10H2,1-2H3. The van der Waals surface area contributed by atoms with Crippen molar-refractivity contribution in [2.24, 2.45) is 5.92 Å². The van der Waals surface area contributed by atoms with Gasteiger partial charge in [0.25, 0.3) is 5.91 Å². The van der Waals surface area contributed by atoms with Crippen molar-refractivity contribution in [1.82, 2.24) is 9.47 Å². The predicted octanol–water partition coefficient (Wildman–Crippen LogP) is 2.38. The third-order valence-corrected chi connectivity index (χ3v) is 4.90. The molecule has 0 spiro atoms. The van der Waals surface area contributed by atoms with E-state index >= 15 is 0 Å². The molecular formula is C15H18N2O2S. The number of hydrogen-bond donors (Lipinski definition) is 1. The van der Waals surface area contributed by atoms with Crippen molar-refractivity contribution in [3.63, 3.8) is 0 Å². The lowest BCUT2D eigenvalue weighted by molar-refractivity contribution is -0.110. The summed E-state index contributed by atoms with van der Waals surface area (Å²) in [6.07, 6.45) is 3.86. The maximum Gasteiger partial charge on any atom is 0.266 e. The van der Waals surface area contributed by atoms with Gasteiger partial charge in [-0.1, -0.05) is 13.8 Å². The van der Waals surface area contributed by atoms with Gasteiger partial charge >= 0.3 is 0 Å². The summed E-state index contributed by atoms with van der Waals surface area (Å²) in [5.41, 5.74) is 0.186. The van der Waals surface area contributed by atoms with Crippen molar-refractivity contribution in [2.75, 3.05) is 13.1 Å². The minimum atomic E-state index is -0.722. The van der Waals surface area contributed by atoms with E-state index < -0.39 is 5.60 Å². The van der Waals surface area contributed by atoms with E-state index in [1.54, 1.807) is 4.90 Å². The minimum Gasteiger partial charge on any atom is -0.386 e. The number of aromatic nitrogens is 1. The van der Waals surface area contributed by atoms with Crippen LogP contribution < -0.4 is 0 Å². The number of β-amino-alcohol motifs (C(OH)–C–C–N with tert-alkyl or cyclic N) is 1. The maximum absolute atomic E-state index is 12.5. The Morgan fingerprint density at radius 2 is 2.00 bits per heavy atom. The molecule has 0 unspecified atom stereocenters. The molecule has 1 saturated heterocycles. The molecule has 2 aromatic heterocycles. The van der Waals surface area contributed by atoms with Crippen LogP contribution in [0.15, 0.2) is 36.0 Å². The van der Waals surface area contributed by atoms with E-state index in [9.17, 15) is 9.90 Å². The Balaban J connectivity index is 1.79. The number of thiophene rings is 1. The topological polar surface area (TPSA) is 45.5 Å². The molecule has 2 aromatic rings. The lowest BCUT2D eigenvalue weighted by Crippen LogP contribution is -2.65. The lowest BCUT2D eigenvalue weighted by atomic mass is 9.83. The molecule has 0 saturated carbocycles. The minimum absolute atomic E-state index is 0.00836. The van der Waals surface area contributed by atoms with Crippen LogP contribution >= 0.6 is 11.3 Å². The van der Waals surface area contributed by atoms with Gasteiger partial charge in [0.05, 0.1) is 18.8 Å². The van der Waals surface area contributed by atoms with Gasteiger partial charge in [-0.2, -0.15) is 0 Å². The summed E-state index contributed by atoms with van der Waals surface area (Å²) in [6.45, 7) is 4.81. The molecule has 0 radical (unpaired) electrons. The second-order valence-electron chi connectivity index (χ2n) is 5.64. The summed E-state index contributed by atoms with van der Waals surface area (Å²) in [7, 11) is 0. The molecule has 1 amide bonds. The van der Waals surface area contributed by atoms with Crippen molar-refractivity contribution in [3.05, 3.63) is 40.8 Å². The Hall–Kier alpha value is -1.59. The van der Waals surface area contributed by atoms with Crippen molar-refractivity contribution < 1.29 is 9.90 Å². The molecule has 20 heavy (non-hydrogen) atoms. The fraction of sp³-hybridized carbons (Fsp3) is 0.400. The zero-order chi connectivity index (χ0) is 14.3. The zero-order valence-corrected chi connectivity index (χ0v) is 12.4. The van der Waals surface area contributed by atoms with Gasteiger partial charge in [-0.15, -0.1) is 11.3 Å². The first-order valence-corrected chi connectivity index (χ1v) is 7.62. The quantitative estimate of drug-likeness (QED) is 0.943. The molecule has 0 aromatic carbocycles. The van der Waals surface area contributed by atoms with Crippen LogP contribution in [0.2, 0.25) is 0 Å². The van der Waals surface area contributed by atoms with Gasteiger partial charge in [0.15, 0.2) is 0 Å². The summed E-state index contributed by atoms with van der Waals surface area (Å²) in [4.78, 5) is 15.0. The Bertz CT molecular complexity index is 610. The van der Waals surface area contributed by atoms with Gasteiger partial charge in [-0.25, -0.2) is 0 Å². The summed E-state index contributed by atoms with van der Waals surface area (Å²) in [5, 5.41) is 12.2. The van der Waals surface area contributed by atoms with Crippen molar-refractivity contribution in [2.45, 2.75) is 19.4 Å². The molecular weight excluding hydrogens is 272 g/mol. The first-order valence-electron chi connectivity index (χ1n) is 6.74. The molecule has 1 aliphatic rings. The number of carbonyl (C=O) groups is 1. The monoisotopic (exact) mass is 290 g/mol. The normalized spacial score (nSPS) is 17.3. The van der Waals surface area contributed by atoms with Gasteiger partial charge in [-0.05, 0) is 29.5 Å². The summed E-state index contributed by atoms with van der Waals surface area (Å²) in [5.74, 6) is 0.174. The Labute approximate surface area is 122 Å². The Kier molecular flexibility index (Phi) is 3.18. The maximum atomic E-state index is 12.5. The second-order valence-corrected chi connectivity index (χ2v) is 6.56. The first-order chi connectivity index (χ1) is 9.51. The predicted molar refractivity (Wildman–Crippen MR) is 79.3 cm³/mol. The molecule has 0 bridgehead atoms. The average molecular weight is 290 g/mol. The lowest BCUT2D eigenvalue weighted by Gasteiger charge is -2.48. The number of nitrogens with zero attached hydrogens (tertiary/aromatic N) is 2. The zero-order valence-electron chi connectivity index (χ0n) is 11.6. The van der Waals surface area contributed by atoms with E-state index in [-0.39, 0.29) is 11.8 Å². The van der Waals surface area contributed by atoms with E-state index in [2.05, 4.69) is 0 Å². The molecule has 3 heterocycles. The smallest absolute Gasteiger partial charge is 0.266 e. The number of amides is 1. The Morgan fingerprint density at radius 3 is 2.60 bits per heavy atom. The fourth-order valence-electron chi connectivity index (χ4n) is 2.43. The van der Waals surface area contributed by atoms with Crippen LogP contribution in [-0.2, 0) is 0 Å². The average Bonchev–Trinajstić information content (AvgIpc) is 3.02. The molecule has 1 N–H and O–H groups in total. The van der Waals surface area contributed by atoms with E-state index in [1.807, 2.05) is 54.4 Å². The first kappa shape index (κ1) is 13.4. The highest BCUT2D eigenvalue weighted by molar-refractivity contribution is 7.12. The molecule has 1 aliphatic heterocycles. The number of rotatable bonds is 3.